The number of phenolic OH excluding ortho intramolecular Hbond substituents is 1. The minimum atomic E-state index is -0.259. The molecule has 4 aromatic rings. The van der Waals surface area contributed by atoms with Crippen molar-refractivity contribution in [3.8, 4) is 17.2 Å². The number of carbonyl (C=O) groups excluding carboxylic acids is 1. The van der Waals surface area contributed by atoms with Gasteiger partial charge in [0, 0.05) is 6.42 Å². The highest BCUT2D eigenvalue weighted by Crippen LogP contribution is 2.36. The first-order valence-corrected chi connectivity index (χ1v) is 11.1. The van der Waals surface area contributed by atoms with E-state index in [1.807, 2.05) is 97.1 Å². The third kappa shape index (κ3) is 5.73. The summed E-state index contributed by atoms with van der Waals surface area (Å²) in [6.07, 6.45) is 0.771. The smallest absolute Gasteiger partial charge is 0.305 e. The first-order chi connectivity index (χ1) is 16.6. The van der Waals surface area contributed by atoms with Crippen LogP contribution in [-0.2, 0) is 9.53 Å². The van der Waals surface area contributed by atoms with Crippen molar-refractivity contribution in [1.82, 2.24) is 0 Å². The summed E-state index contributed by atoms with van der Waals surface area (Å²) in [5, 5.41) is 9.86. The highest BCUT2D eigenvalue weighted by atomic mass is 16.5. The van der Waals surface area contributed by atoms with E-state index in [9.17, 15) is 9.90 Å². The maximum Gasteiger partial charge on any atom is 0.305 e. The molecular formula is C30H26O4. The van der Waals surface area contributed by atoms with Crippen LogP contribution in [0.4, 0.5) is 0 Å². The van der Waals surface area contributed by atoms with Gasteiger partial charge in [-0.15, -0.1) is 0 Å². The van der Waals surface area contributed by atoms with Crippen molar-refractivity contribution in [3.05, 3.63) is 126 Å². The number of para-hydroxylation sites is 1. The minimum absolute atomic E-state index is 0.200. The predicted molar refractivity (Wildman–Crippen MR) is 135 cm³/mol. The van der Waals surface area contributed by atoms with Crippen LogP contribution in [0.15, 0.2) is 109 Å². The van der Waals surface area contributed by atoms with Crippen LogP contribution < -0.4 is 4.74 Å². The number of hydrogen-bond donors (Lipinski definition) is 1. The maximum absolute atomic E-state index is 12.0. The van der Waals surface area contributed by atoms with Gasteiger partial charge in [0.1, 0.15) is 17.2 Å². The van der Waals surface area contributed by atoms with Gasteiger partial charge in [0.15, 0.2) is 0 Å². The molecule has 4 heteroatoms. The van der Waals surface area contributed by atoms with E-state index in [2.05, 4.69) is 0 Å². The fraction of sp³-hybridized carbons (Fsp3) is 0.100. The summed E-state index contributed by atoms with van der Waals surface area (Å²) in [5.74, 6) is 1.44. The van der Waals surface area contributed by atoms with Crippen molar-refractivity contribution in [2.24, 2.45) is 0 Å². The topological polar surface area (TPSA) is 55.8 Å². The lowest BCUT2D eigenvalue weighted by Gasteiger charge is -2.18. The van der Waals surface area contributed by atoms with Crippen LogP contribution in [0.25, 0.3) is 11.1 Å². The highest BCUT2D eigenvalue weighted by Gasteiger charge is 2.16. The average molecular weight is 451 g/mol. The van der Waals surface area contributed by atoms with Crippen molar-refractivity contribution in [2.75, 3.05) is 7.11 Å². The Morgan fingerprint density at radius 2 is 1.18 bits per heavy atom. The zero-order valence-electron chi connectivity index (χ0n) is 19.0. The molecule has 0 fully saturated rings. The largest absolute Gasteiger partial charge is 0.508 e. The monoisotopic (exact) mass is 450 g/mol. The molecule has 0 saturated carbocycles. The zero-order chi connectivity index (χ0) is 23.8. The predicted octanol–water partition coefficient (Wildman–Crippen LogP) is 7.10. The quantitative estimate of drug-likeness (QED) is 0.230. The number of esters is 1. The Balaban J connectivity index is 1.80. The van der Waals surface area contributed by atoms with Crippen molar-refractivity contribution in [2.45, 2.75) is 12.8 Å². The van der Waals surface area contributed by atoms with Gasteiger partial charge in [-0.05, 0) is 70.7 Å². The Kier molecular flexibility index (Phi) is 7.41. The van der Waals surface area contributed by atoms with Gasteiger partial charge in [0.05, 0.1) is 7.11 Å². The third-order valence-corrected chi connectivity index (χ3v) is 5.51. The Morgan fingerprint density at radius 3 is 1.76 bits per heavy atom. The van der Waals surface area contributed by atoms with Crippen LogP contribution in [-0.4, -0.2) is 18.2 Å². The number of rotatable bonds is 8. The molecular weight excluding hydrogens is 424 g/mol. The van der Waals surface area contributed by atoms with Gasteiger partial charge in [-0.1, -0.05) is 72.8 Å². The SMILES string of the molecule is COC(=O)CC/C(=C(/c1ccc(O)cc1)c1ccc(Oc2ccccc2)cc1)c1ccccc1. The number of allylic oxidation sites excluding steroid dienone is 1. The van der Waals surface area contributed by atoms with E-state index in [0.29, 0.717) is 6.42 Å². The van der Waals surface area contributed by atoms with Crippen LogP contribution >= 0.6 is 0 Å². The summed E-state index contributed by atoms with van der Waals surface area (Å²) in [7, 11) is 1.40. The molecule has 170 valence electrons. The fourth-order valence-corrected chi connectivity index (χ4v) is 3.84. The average Bonchev–Trinajstić information content (AvgIpc) is 2.89. The number of phenols is 1. The Bertz CT molecular complexity index is 1240. The van der Waals surface area contributed by atoms with Gasteiger partial charge in [-0.2, -0.15) is 0 Å². The van der Waals surface area contributed by atoms with E-state index >= 15 is 0 Å². The van der Waals surface area contributed by atoms with Gasteiger partial charge < -0.3 is 14.6 Å². The first-order valence-electron chi connectivity index (χ1n) is 11.1. The fourth-order valence-electron chi connectivity index (χ4n) is 3.84. The minimum Gasteiger partial charge on any atom is -0.508 e. The Labute approximate surface area is 199 Å². The summed E-state index contributed by atoms with van der Waals surface area (Å²) in [6, 6.07) is 34.7. The lowest BCUT2D eigenvalue weighted by Crippen LogP contribution is -2.02. The second kappa shape index (κ2) is 11.0. The van der Waals surface area contributed by atoms with E-state index in [4.69, 9.17) is 9.47 Å². The maximum atomic E-state index is 12.0. The molecule has 0 aliphatic heterocycles. The molecule has 0 unspecified atom stereocenters. The van der Waals surface area contributed by atoms with Crippen LogP contribution in [0.5, 0.6) is 17.2 Å². The third-order valence-electron chi connectivity index (χ3n) is 5.51. The molecule has 4 aromatic carbocycles. The Morgan fingerprint density at radius 1 is 0.647 bits per heavy atom. The van der Waals surface area contributed by atoms with Crippen molar-refractivity contribution < 1.29 is 19.4 Å². The summed E-state index contributed by atoms with van der Waals surface area (Å²) < 4.78 is 10.9. The molecule has 34 heavy (non-hydrogen) atoms. The second-order valence-electron chi connectivity index (χ2n) is 7.78. The van der Waals surface area contributed by atoms with Gasteiger partial charge in [-0.25, -0.2) is 0 Å². The molecule has 0 amide bonds. The van der Waals surface area contributed by atoms with Crippen LogP contribution in [0.3, 0.4) is 0 Å². The molecule has 4 rings (SSSR count). The molecule has 0 radical (unpaired) electrons. The normalized spacial score (nSPS) is 11.4. The number of hydrogen-bond acceptors (Lipinski definition) is 4. The number of methoxy groups -OCH3 is 1. The number of ether oxygens (including phenoxy) is 2. The molecule has 4 nitrogen and oxygen atoms in total. The van der Waals surface area contributed by atoms with Crippen molar-refractivity contribution in [1.29, 1.82) is 0 Å². The number of aromatic hydroxyl groups is 1. The van der Waals surface area contributed by atoms with E-state index in [-0.39, 0.29) is 18.1 Å². The molecule has 0 heterocycles. The van der Waals surface area contributed by atoms with Gasteiger partial charge in [-0.3, -0.25) is 4.79 Å². The number of carbonyl (C=O) groups is 1. The van der Waals surface area contributed by atoms with Gasteiger partial charge in [0.2, 0.25) is 0 Å². The number of benzene rings is 4. The van der Waals surface area contributed by atoms with Gasteiger partial charge >= 0.3 is 5.97 Å². The van der Waals surface area contributed by atoms with Crippen LogP contribution in [0.2, 0.25) is 0 Å². The Hall–Kier alpha value is -4.31. The molecule has 0 spiro atoms. The lowest BCUT2D eigenvalue weighted by atomic mass is 9.87. The van der Waals surface area contributed by atoms with E-state index in [1.54, 1.807) is 12.1 Å². The molecule has 0 aromatic heterocycles. The zero-order valence-corrected chi connectivity index (χ0v) is 19.0. The molecule has 0 saturated heterocycles. The standard InChI is InChI=1S/C30H26O4/c1-33-29(32)21-20-28(22-8-4-2-5-9-22)30(23-12-16-25(31)17-13-23)24-14-18-27(19-15-24)34-26-10-6-3-7-11-26/h2-19,31H,20-21H2,1H3/b30-28+. The molecule has 0 bridgehead atoms. The van der Waals surface area contributed by atoms with Crippen molar-refractivity contribution in [3.63, 3.8) is 0 Å². The lowest BCUT2D eigenvalue weighted by molar-refractivity contribution is -0.140. The second-order valence-corrected chi connectivity index (χ2v) is 7.78. The van der Waals surface area contributed by atoms with E-state index in [0.717, 1.165) is 39.3 Å². The summed E-state index contributed by atoms with van der Waals surface area (Å²) in [4.78, 5) is 12.0. The summed E-state index contributed by atoms with van der Waals surface area (Å²) in [6.45, 7) is 0. The molecule has 0 atom stereocenters. The first kappa shape index (κ1) is 22.9. The van der Waals surface area contributed by atoms with Crippen molar-refractivity contribution >= 4 is 17.1 Å². The molecule has 0 aliphatic rings. The van der Waals surface area contributed by atoms with E-state index < -0.39 is 0 Å². The molecule has 1 N–H and O–H groups in total. The summed E-state index contributed by atoms with van der Waals surface area (Å²) >= 11 is 0. The molecule has 0 aliphatic carbocycles. The summed E-state index contributed by atoms with van der Waals surface area (Å²) in [5.41, 5.74) is 4.96. The van der Waals surface area contributed by atoms with Crippen LogP contribution in [0.1, 0.15) is 29.5 Å². The van der Waals surface area contributed by atoms with E-state index in [1.165, 1.54) is 7.11 Å². The van der Waals surface area contributed by atoms with Crippen LogP contribution in [0, 0.1) is 0 Å². The van der Waals surface area contributed by atoms with Gasteiger partial charge in [0.25, 0.3) is 0 Å². The highest BCUT2D eigenvalue weighted by molar-refractivity contribution is 5.99.